The Hall–Kier alpha value is -3.66. The van der Waals surface area contributed by atoms with Crippen LogP contribution in [0.2, 0.25) is 5.02 Å². The van der Waals surface area contributed by atoms with Gasteiger partial charge in [-0.1, -0.05) is 23.7 Å². The van der Waals surface area contributed by atoms with Crippen molar-refractivity contribution in [1.82, 2.24) is 5.43 Å². The molecule has 0 bridgehead atoms. The van der Waals surface area contributed by atoms with Gasteiger partial charge < -0.3 is 14.6 Å². The first-order valence-electron chi connectivity index (χ1n) is 7.69. The average Bonchev–Trinajstić information content (AvgIpc) is 2.65. The zero-order valence-corrected chi connectivity index (χ0v) is 15.0. The third kappa shape index (κ3) is 6.25. The number of nitrogens with one attached hydrogen (secondary N) is 1. The van der Waals surface area contributed by atoms with E-state index in [0.29, 0.717) is 5.56 Å². The molecule has 0 aromatic heterocycles. The molecule has 2 aromatic rings. The number of carboxylic acid groups (broad SMARTS) is 1. The van der Waals surface area contributed by atoms with Gasteiger partial charge in [0, 0.05) is 6.07 Å². The van der Waals surface area contributed by atoms with Crippen LogP contribution in [0.25, 0.3) is 0 Å². The molecule has 10 nitrogen and oxygen atoms in total. The number of carbonyl (C=O) groups is 2. The first-order chi connectivity index (χ1) is 13.4. The van der Waals surface area contributed by atoms with Crippen molar-refractivity contribution in [3.05, 3.63) is 63.2 Å². The molecule has 0 saturated heterocycles. The summed E-state index contributed by atoms with van der Waals surface area (Å²) < 4.78 is 10.1. The molecule has 0 aliphatic heterocycles. The SMILES string of the molecule is O=C(O)COc1ccc(/C=N/NC(=O)COc2ccccc2[N+](=O)[O-])cc1Cl. The fourth-order valence-corrected chi connectivity index (χ4v) is 2.18. The van der Waals surface area contributed by atoms with Crippen molar-refractivity contribution in [2.75, 3.05) is 13.2 Å². The normalized spacial score (nSPS) is 10.5. The van der Waals surface area contributed by atoms with Crippen molar-refractivity contribution in [2.24, 2.45) is 5.10 Å². The van der Waals surface area contributed by atoms with E-state index < -0.39 is 30.0 Å². The van der Waals surface area contributed by atoms with E-state index in [2.05, 4.69) is 10.5 Å². The van der Waals surface area contributed by atoms with Crippen LogP contribution >= 0.6 is 11.6 Å². The zero-order chi connectivity index (χ0) is 20.5. The summed E-state index contributed by atoms with van der Waals surface area (Å²) in [5.41, 5.74) is 2.48. The molecule has 0 atom stereocenters. The van der Waals surface area contributed by atoms with Gasteiger partial charge in [-0.3, -0.25) is 14.9 Å². The number of rotatable bonds is 9. The van der Waals surface area contributed by atoms with Crippen molar-refractivity contribution in [3.63, 3.8) is 0 Å². The molecule has 2 N–H and O–H groups in total. The molecular weight excluding hydrogens is 394 g/mol. The minimum atomic E-state index is -1.13. The maximum Gasteiger partial charge on any atom is 0.341 e. The van der Waals surface area contributed by atoms with E-state index in [0.717, 1.165) is 0 Å². The van der Waals surface area contributed by atoms with E-state index in [4.69, 9.17) is 26.2 Å². The molecule has 0 aliphatic carbocycles. The Morgan fingerprint density at radius 2 is 1.89 bits per heavy atom. The maximum atomic E-state index is 11.7. The lowest BCUT2D eigenvalue weighted by Gasteiger charge is -2.06. The zero-order valence-electron chi connectivity index (χ0n) is 14.2. The summed E-state index contributed by atoms with van der Waals surface area (Å²) in [7, 11) is 0. The van der Waals surface area contributed by atoms with E-state index in [1.807, 2.05) is 0 Å². The van der Waals surface area contributed by atoms with E-state index in [9.17, 15) is 19.7 Å². The number of nitro benzene ring substituents is 1. The van der Waals surface area contributed by atoms with E-state index in [1.54, 1.807) is 12.1 Å². The second-order valence-electron chi connectivity index (χ2n) is 5.18. The Kier molecular flexibility index (Phi) is 7.28. The van der Waals surface area contributed by atoms with E-state index >= 15 is 0 Å². The summed E-state index contributed by atoms with van der Waals surface area (Å²) in [6, 6.07) is 10.2. The summed E-state index contributed by atoms with van der Waals surface area (Å²) in [5, 5.41) is 23.3. The molecule has 0 spiro atoms. The molecule has 2 aromatic carbocycles. The van der Waals surface area contributed by atoms with Gasteiger partial charge >= 0.3 is 11.7 Å². The number of hydrazone groups is 1. The minimum absolute atomic E-state index is 0.0321. The highest BCUT2D eigenvalue weighted by Crippen LogP contribution is 2.26. The van der Waals surface area contributed by atoms with Crippen LogP contribution in [0, 0.1) is 10.1 Å². The van der Waals surface area contributed by atoms with Gasteiger partial charge in [0.25, 0.3) is 5.91 Å². The molecule has 0 saturated carbocycles. The number of amides is 1. The van der Waals surface area contributed by atoms with Gasteiger partial charge in [0.05, 0.1) is 16.2 Å². The first kappa shape index (κ1) is 20.6. The van der Waals surface area contributed by atoms with Crippen LogP contribution < -0.4 is 14.9 Å². The molecule has 0 heterocycles. The Morgan fingerprint density at radius 3 is 2.57 bits per heavy atom. The topological polar surface area (TPSA) is 140 Å². The van der Waals surface area contributed by atoms with Gasteiger partial charge in [0.15, 0.2) is 19.0 Å². The molecular formula is C17H14ClN3O7. The van der Waals surface area contributed by atoms with Gasteiger partial charge in [0.1, 0.15) is 5.75 Å². The predicted octanol–water partition coefficient (Wildman–Crippen LogP) is 2.24. The number of benzene rings is 2. The number of hydrogen-bond donors (Lipinski definition) is 2. The molecule has 0 unspecified atom stereocenters. The maximum absolute atomic E-state index is 11.7. The second kappa shape index (κ2) is 9.88. The Morgan fingerprint density at radius 1 is 1.18 bits per heavy atom. The summed E-state index contributed by atoms with van der Waals surface area (Å²) in [4.78, 5) is 32.5. The van der Waals surface area contributed by atoms with Crippen LogP contribution in [0.15, 0.2) is 47.6 Å². The number of carboxylic acids is 1. The monoisotopic (exact) mass is 407 g/mol. The average molecular weight is 408 g/mol. The van der Waals surface area contributed by atoms with E-state index in [1.165, 1.54) is 36.5 Å². The fourth-order valence-electron chi connectivity index (χ4n) is 1.94. The van der Waals surface area contributed by atoms with Crippen molar-refractivity contribution in [2.45, 2.75) is 0 Å². The van der Waals surface area contributed by atoms with Crippen LogP contribution in [0.3, 0.4) is 0 Å². The number of ether oxygens (including phenoxy) is 2. The number of nitrogens with zero attached hydrogens (tertiary/aromatic N) is 2. The van der Waals surface area contributed by atoms with Crippen LogP contribution in [0.5, 0.6) is 11.5 Å². The quantitative estimate of drug-likeness (QED) is 0.369. The standard InChI is InChI=1S/C17H14ClN3O7/c18-12-7-11(5-6-14(12)28-10-17(23)24)8-19-20-16(22)9-27-15-4-2-1-3-13(15)21(25)26/h1-8H,9-10H2,(H,20,22)(H,23,24)/b19-8+. The van der Waals surface area contributed by atoms with Gasteiger partial charge in [-0.25, -0.2) is 10.2 Å². The highest BCUT2D eigenvalue weighted by atomic mass is 35.5. The molecule has 11 heteroatoms. The lowest BCUT2D eigenvalue weighted by molar-refractivity contribution is -0.385. The third-order valence-electron chi connectivity index (χ3n) is 3.13. The number of aliphatic carboxylic acids is 1. The van der Waals surface area contributed by atoms with Crippen LogP contribution in [-0.4, -0.2) is 41.3 Å². The largest absolute Gasteiger partial charge is 0.480 e. The fraction of sp³-hybridized carbons (Fsp3) is 0.118. The van der Waals surface area contributed by atoms with Crippen LogP contribution in [-0.2, 0) is 9.59 Å². The molecule has 146 valence electrons. The highest BCUT2D eigenvalue weighted by molar-refractivity contribution is 6.32. The predicted molar refractivity (Wildman–Crippen MR) is 98.9 cm³/mol. The third-order valence-corrected chi connectivity index (χ3v) is 3.43. The minimum Gasteiger partial charge on any atom is -0.480 e. The number of carbonyl (C=O) groups excluding carboxylic acids is 1. The molecule has 0 fully saturated rings. The molecule has 0 aliphatic rings. The smallest absolute Gasteiger partial charge is 0.341 e. The van der Waals surface area contributed by atoms with Crippen LogP contribution in [0.4, 0.5) is 5.69 Å². The van der Waals surface area contributed by atoms with Gasteiger partial charge in [-0.2, -0.15) is 5.10 Å². The Bertz CT molecular complexity index is 917. The summed E-state index contributed by atoms with van der Waals surface area (Å²) in [6.07, 6.45) is 1.30. The van der Waals surface area contributed by atoms with Gasteiger partial charge in [-0.05, 0) is 29.8 Å². The lowest BCUT2D eigenvalue weighted by atomic mass is 10.2. The van der Waals surface area contributed by atoms with Crippen molar-refractivity contribution in [1.29, 1.82) is 0 Å². The van der Waals surface area contributed by atoms with Crippen molar-refractivity contribution >= 4 is 35.4 Å². The second-order valence-corrected chi connectivity index (χ2v) is 5.59. The number of nitro groups is 1. The van der Waals surface area contributed by atoms with E-state index in [-0.39, 0.29) is 22.2 Å². The highest BCUT2D eigenvalue weighted by Gasteiger charge is 2.14. The van der Waals surface area contributed by atoms with Crippen molar-refractivity contribution in [3.8, 4) is 11.5 Å². The molecule has 0 radical (unpaired) electrons. The Labute approximate surface area is 163 Å². The number of hydrogen-bond acceptors (Lipinski definition) is 7. The molecule has 2 rings (SSSR count). The summed E-state index contributed by atoms with van der Waals surface area (Å²) in [5.74, 6) is -1.59. The Balaban J connectivity index is 1.87. The van der Waals surface area contributed by atoms with Gasteiger partial charge in [-0.15, -0.1) is 0 Å². The number of para-hydroxylation sites is 2. The lowest BCUT2D eigenvalue weighted by Crippen LogP contribution is -2.24. The van der Waals surface area contributed by atoms with Gasteiger partial charge in [0.2, 0.25) is 0 Å². The summed E-state index contributed by atoms with van der Waals surface area (Å²) >= 11 is 5.97. The van der Waals surface area contributed by atoms with Crippen molar-refractivity contribution < 1.29 is 29.1 Å². The summed E-state index contributed by atoms with van der Waals surface area (Å²) in [6.45, 7) is -0.992. The number of halogens is 1. The van der Waals surface area contributed by atoms with Crippen LogP contribution in [0.1, 0.15) is 5.56 Å². The molecule has 1 amide bonds. The first-order valence-corrected chi connectivity index (χ1v) is 8.07. The molecule has 28 heavy (non-hydrogen) atoms.